The first-order valence-electron chi connectivity index (χ1n) is 8.55. The highest BCUT2D eigenvalue weighted by atomic mass is 19.1. The summed E-state index contributed by atoms with van der Waals surface area (Å²) in [5.74, 6) is -2.25. The van der Waals surface area contributed by atoms with Gasteiger partial charge in [0.1, 0.15) is 5.82 Å². The van der Waals surface area contributed by atoms with Gasteiger partial charge in [0.25, 0.3) is 5.91 Å². The van der Waals surface area contributed by atoms with Crippen LogP contribution in [0.3, 0.4) is 0 Å². The molecular formula is C21H20FNO5. The molecule has 2 aromatic carbocycles. The zero-order valence-electron chi connectivity index (χ0n) is 15.5. The molecule has 0 aliphatic heterocycles. The predicted octanol–water partition coefficient (Wildman–Crippen LogP) is 3.59. The molecule has 0 bridgehead atoms. The smallest absolute Gasteiger partial charge is 0.338 e. The van der Waals surface area contributed by atoms with Crippen molar-refractivity contribution in [3.05, 3.63) is 71.6 Å². The quantitative estimate of drug-likeness (QED) is 0.582. The van der Waals surface area contributed by atoms with Gasteiger partial charge in [-0.1, -0.05) is 18.2 Å². The summed E-state index contributed by atoms with van der Waals surface area (Å²) in [7, 11) is 0. The van der Waals surface area contributed by atoms with Crippen LogP contribution in [0.4, 0.5) is 10.1 Å². The Labute approximate surface area is 162 Å². The summed E-state index contributed by atoms with van der Waals surface area (Å²) in [6.07, 6.45) is 2.08. The fourth-order valence-corrected chi connectivity index (χ4v) is 2.12. The number of carbonyl (C=O) groups is 3. The van der Waals surface area contributed by atoms with Crippen LogP contribution < -0.4 is 5.32 Å². The summed E-state index contributed by atoms with van der Waals surface area (Å²) in [5.41, 5.74) is 1.03. The Bertz CT molecular complexity index is 875. The van der Waals surface area contributed by atoms with Crippen molar-refractivity contribution in [2.24, 2.45) is 0 Å². The Hall–Kier alpha value is -3.48. The van der Waals surface area contributed by atoms with Crippen molar-refractivity contribution < 1.29 is 28.2 Å². The van der Waals surface area contributed by atoms with Gasteiger partial charge in [0, 0.05) is 17.3 Å². The summed E-state index contributed by atoms with van der Waals surface area (Å²) >= 11 is 0. The van der Waals surface area contributed by atoms with Crippen molar-refractivity contribution in [3.8, 4) is 0 Å². The fraction of sp³-hybridized carbons (Fsp3) is 0.190. The zero-order chi connectivity index (χ0) is 20.5. The molecule has 6 nitrogen and oxygen atoms in total. The van der Waals surface area contributed by atoms with Crippen molar-refractivity contribution in [2.75, 3.05) is 11.9 Å². The number of hydrogen-bond donors (Lipinski definition) is 1. The average Bonchev–Trinajstić information content (AvgIpc) is 2.65. The molecule has 0 aliphatic rings. The van der Waals surface area contributed by atoms with Crippen LogP contribution in [-0.2, 0) is 19.1 Å². The van der Waals surface area contributed by atoms with E-state index >= 15 is 0 Å². The molecule has 0 spiro atoms. The van der Waals surface area contributed by atoms with Crippen LogP contribution in [-0.4, -0.2) is 30.6 Å². The van der Waals surface area contributed by atoms with Gasteiger partial charge in [-0.25, -0.2) is 14.0 Å². The monoisotopic (exact) mass is 385 g/mol. The Morgan fingerprint density at radius 2 is 1.75 bits per heavy atom. The number of esters is 2. The third-order valence-corrected chi connectivity index (χ3v) is 3.40. The van der Waals surface area contributed by atoms with E-state index in [4.69, 9.17) is 9.47 Å². The van der Waals surface area contributed by atoms with E-state index in [9.17, 15) is 18.8 Å². The highest BCUT2D eigenvalue weighted by Crippen LogP contribution is 2.12. The van der Waals surface area contributed by atoms with Crippen molar-refractivity contribution >= 4 is 29.6 Å². The standard InChI is InChI=1S/C21H20FNO5/c1-14(2)28-21(26)16-7-10-17(11-8-16)23-19(24)13-27-20(25)12-9-15-5-3-4-6-18(15)22/h3-12,14H,13H2,1-2H3,(H,23,24)/b12-9+. The van der Waals surface area contributed by atoms with Crippen molar-refractivity contribution in [1.82, 2.24) is 0 Å². The minimum Gasteiger partial charge on any atom is -0.459 e. The van der Waals surface area contributed by atoms with E-state index in [1.807, 2.05) is 0 Å². The van der Waals surface area contributed by atoms with Gasteiger partial charge >= 0.3 is 11.9 Å². The predicted molar refractivity (Wildman–Crippen MR) is 102 cm³/mol. The van der Waals surface area contributed by atoms with Gasteiger partial charge in [0.2, 0.25) is 0 Å². The van der Waals surface area contributed by atoms with Crippen LogP contribution in [0, 0.1) is 5.82 Å². The largest absolute Gasteiger partial charge is 0.459 e. The second-order valence-electron chi connectivity index (χ2n) is 6.04. The van der Waals surface area contributed by atoms with E-state index in [1.54, 1.807) is 19.9 Å². The highest BCUT2D eigenvalue weighted by Gasteiger charge is 2.10. The third-order valence-electron chi connectivity index (χ3n) is 3.40. The van der Waals surface area contributed by atoms with Gasteiger partial charge in [-0.15, -0.1) is 0 Å². The number of ether oxygens (including phenoxy) is 2. The van der Waals surface area contributed by atoms with E-state index in [0.29, 0.717) is 11.3 Å². The fourth-order valence-electron chi connectivity index (χ4n) is 2.12. The average molecular weight is 385 g/mol. The molecule has 0 unspecified atom stereocenters. The lowest BCUT2D eigenvalue weighted by atomic mass is 10.2. The summed E-state index contributed by atoms with van der Waals surface area (Å²) in [6, 6.07) is 12.1. The van der Waals surface area contributed by atoms with Crippen LogP contribution in [0.1, 0.15) is 29.8 Å². The van der Waals surface area contributed by atoms with E-state index in [2.05, 4.69) is 5.32 Å². The van der Waals surface area contributed by atoms with Crippen LogP contribution in [0.2, 0.25) is 0 Å². The summed E-state index contributed by atoms with van der Waals surface area (Å²) in [5, 5.41) is 2.53. The topological polar surface area (TPSA) is 81.7 Å². The zero-order valence-corrected chi connectivity index (χ0v) is 15.5. The lowest BCUT2D eigenvalue weighted by Gasteiger charge is -2.09. The number of carbonyl (C=O) groups excluding carboxylic acids is 3. The lowest BCUT2D eigenvalue weighted by molar-refractivity contribution is -0.142. The summed E-state index contributed by atoms with van der Waals surface area (Å²) in [6.45, 7) is 3.00. The number of hydrogen-bond acceptors (Lipinski definition) is 5. The minimum absolute atomic E-state index is 0.228. The van der Waals surface area contributed by atoms with Crippen LogP contribution in [0.5, 0.6) is 0 Å². The molecule has 146 valence electrons. The molecule has 28 heavy (non-hydrogen) atoms. The first-order chi connectivity index (χ1) is 13.3. The minimum atomic E-state index is -0.773. The molecule has 0 fully saturated rings. The molecule has 0 radical (unpaired) electrons. The normalized spacial score (nSPS) is 10.7. The number of anilines is 1. The van der Waals surface area contributed by atoms with Gasteiger partial charge in [-0.2, -0.15) is 0 Å². The summed E-state index contributed by atoms with van der Waals surface area (Å²) in [4.78, 5) is 35.2. The first-order valence-corrected chi connectivity index (χ1v) is 8.55. The van der Waals surface area contributed by atoms with Crippen LogP contribution in [0.15, 0.2) is 54.6 Å². The molecule has 2 aromatic rings. The highest BCUT2D eigenvalue weighted by molar-refractivity contribution is 5.95. The molecule has 1 amide bonds. The van der Waals surface area contributed by atoms with E-state index in [1.165, 1.54) is 48.5 Å². The first kappa shape index (κ1) is 20.8. The van der Waals surface area contributed by atoms with Gasteiger partial charge in [0.15, 0.2) is 6.61 Å². The SMILES string of the molecule is CC(C)OC(=O)c1ccc(NC(=O)COC(=O)/C=C/c2ccccc2F)cc1. The molecule has 0 heterocycles. The number of nitrogens with one attached hydrogen (secondary N) is 1. The maximum Gasteiger partial charge on any atom is 0.338 e. The van der Waals surface area contributed by atoms with Gasteiger partial charge in [-0.05, 0) is 50.3 Å². The van der Waals surface area contributed by atoms with E-state index < -0.39 is 30.3 Å². The number of halogens is 1. The Morgan fingerprint density at radius 1 is 1.07 bits per heavy atom. The van der Waals surface area contributed by atoms with E-state index in [-0.39, 0.29) is 11.7 Å². The lowest BCUT2D eigenvalue weighted by Crippen LogP contribution is -2.20. The van der Waals surface area contributed by atoms with Crippen LogP contribution >= 0.6 is 0 Å². The number of rotatable bonds is 7. The van der Waals surface area contributed by atoms with Gasteiger partial charge < -0.3 is 14.8 Å². The molecule has 0 saturated carbocycles. The van der Waals surface area contributed by atoms with Crippen molar-refractivity contribution in [1.29, 1.82) is 0 Å². The molecular weight excluding hydrogens is 365 g/mol. The Balaban J connectivity index is 1.81. The maximum absolute atomic E-state index is 13.4. The van der Waals surface area contributed by atoms with Crippen LogP contribution in [0.25, 0.3) is 6.08 Å². The van der Waals surface area contributed by atoms with Crippen molar-refractivity contribution in [3.63, 3.8) is 0 Å². The van der Waals surface area contributed by atoms with Gasteiger partial charge in [-0.3, -0.25) is 4.79 Å². The molecule has 2 rings (SSSR count). The molecule has 0 aromatic heterocycles. The number of amides is 1. The molecule has 1 N–H and O–H groups in total. The third kappa shape index (κ3) is 6.68. The summed E-state index contributed by atoms with van der Waals surface area (Å²) < 4.78 is 23.3. The Kier molecular flexibility index (Phi) is 7.45. The molecule has 0 saturated heterocycles. The van der Waals surface area contributed by atoms with Gasteiger partial charge in [0.05, 0.1) is 11.7 Å². The molecule has 7 heteroatoms. The number of benzene rings is 2. The molecule has 0 aliphatic carbocycles. The van der Waals surface area contributed by atoms with E-state index in [0.717, 1.165) is 6.08 Å². The second kappa shape index (κ2) is 10.0. The van der Waals surface area contributed by atoms with Crippen molar-refractivity contribution in [2.45, 2.75) is 20.0 Å². The Morgan fingerprint density at radius 3 is 2.39 bits per heavy atom. The second-order valence-corrected chi connectivity index (χ2v) is 6.04. The molecule has 0 atom stereocenters. The maximum atomic E-state index is 13.4.